The molecular weight excluding hydrogens is 224 g/mol. The van der Waals surface area contributed by atoms with E-state index in [-0.39, 0.29) is 12.5 Å². The molecule has 0 aromatic heterocycles. The number of para-hydroxylation sites is 1. The van der Waals surface area contributed by atoms with Crippen molar-refractivity contribution in [2.75, 3.05) is 25.0 Å². The summed E-state index contributed by atoms with van der Waals surface area (Å²) >= 11 is 0. The van der Waals surface area contributed by atoms with E-state index in [4.69, 9.17) is 9.84 Å². The van der Waals surface area contributed by atoms with Gasteiger partial charge in [0.25, 0.3) is 5.91 Å². The summed E-state index contributed by atoms with van der Waals surface area (Å²) in [6.45, 7) is 0.581. The van der Waals surface area contributed by atoms with Gasteiger partial charge in [0.2, 0.25) is 0 Å². The first kappa shape index (κ1) is 11.3. The van der Waals surface area contributed by atoms with E-state index < -0.39 is 5.97 Å². The van der Waals surface area contributed by atoms with Crippen LogP contribution in [-0.4, -0.2) is 36.7 Å². The molecule has 1 aliphatic heterocycles. The third kappa shape index (κ3) is 2.47. The second-order valence-electron chi connectivity index (χ2n) is 3.53. The molecule has 0 unspecified atom stereocenters. The van der Waals surface area contributed by atoms with Crippen LogP contribution in [0.4, 0.5) is 5.69 Å². The smallest absolute Gasteiger partial charge is 0.322 e. The summed E-state index contributed by atoms with van der Waals surface area (Å²) in [6.07, 6.45) is 0. The van der Waals surface area contributed by atoms with E-state index in [0.29, 0.717) is 30.2 Å². The zero-order valence-electron chi connectivity index (χ0n) is 9.03. The van der Waals surface area contributed by atoms with Gasteiger partial charge in [-0.15, -0.1) is 0 Å². The minimum atomic E-state index is -0.972. The number of carbonyl (C=O) groups excluding carboxylic acids is 1. The molecule has 17 heavy (non-hydrogen) atoms. The number of nitrogens with one attached hydrogen (secondary N) is 2. The van der Waals surface area contributed by atoms with Gasteiger partial charge in [-0.1, -0.05) is 6.07 Å². The lowest BCUT2D eigenvalue weighted by molar-refractivity contribution is -0.134. The molecule has 6 nitrogen and oxygen atoms in total. The topological polar surface area (TPSA) is 87.7 Å². The van der Waals surface area contributed by atoms with Crippen molar-refractivity contribution >= 4 is 17.6 Å². The molecule has 0 spiro atoms. The molecule has 0 bridgehead atoms. The normalized spacial score (nSPS) is 14.0. The molecule has 0 radical (unpaired) electrons. The molecule has 0 aliphatic carbocycles. The van der Waals surface area contributed by atoms with Crippen LogP contribution in [0.1, 0.15) is 10.4 Å². The number of rotatable bonds is 3. The third-order valence-electron chi connectivity index (χ3n) is 2.32. The molecule has 0 saturated carbocycles. The van der Waals surface area contributed by atoms with E-state index in [0.717, 1.165) is 0 Å². The maximum Gasteiger partial charge on any atom is 0.322 e. The predicted molar refractivity (Wildman–Crippen MR) is 60.4 cm³/mol. The fourth-order valence-electron chi connectivity index (χ4n) is 1.59. The summed E-state index contributed by atoms with van der Waals surface area (Å²) in [7, 11) is 0. The Morgan fingerprint density at radius 2 is 2.35 bits per heavy atom. The van der Waals surface area contributed by atoms with Gasteiger partial charge < -0.3 is 20.5 Å². The van der Waals surface area contributed by atoms with Gasteiger partial charge in [-0.05, 0) is 12.1 Å². The highest BCUT2D eigenvalue weighted by Gasteiger charge is 2.19. The predicted octanol–water partition coefficient (Wildman–Crippen LogP) is 0.305. The first-order chi connectivity index (χ1) is 8.18. The Morgan fingerprint density at radius 1 is 1.53 bits per heavy atom. The van der Waals surface area contributed by atoms with Crippen molar-refractivity contribution in [1.82, 2.24) is 5.32 Å². The van der Waals surface area contributed by atoms with Crippen LogP contribution in [0.5, 0.6) is 5.75 Å². The second-order valence-corrected chi connectivity index (χ2v) is 3.53. The van der Waals surface area contributed by atoms with Crippen molar-refractivity contribution < 1.29 is 19.4 Å². The van der Waals surface area contributed by atoms with Crippen molar-refractivity contribution in [2.24, 2.45) is 0 Å². The molecule has 3 N–H and O–H groups in total. The average molecular weight is 236 g/mol. The van der Waals surface area contributed by atoms with Gasteiger partial charge in [0.05, 0.1) is 17.8 Å². The van der Waals surface area contributed by atoms with E-state index in [1.54, 1.807) is 18.2 Å². The number of hydrogen-bond donors (Lipinski definition) is 3. The van der Waals surface area contributed by atoms with E-state index in [9.17, 15) is 9.59 Å². The fourth-order valence-corrected chi connectivity index (χ4v) is 1.59. The molecule has 90 valence electrons. The number of carboxylic acids is 1. The van der Waals surface area contributed by atoms with Crippen molar-refractivity contribution in [2.45, 2.75) is 0 Å². The van der Waals surface area contributed by atoms with E-state index in [1.165, 1.54) is 0 Å². The number of anilines is 1. The van der Waals surface area contributed by atoms with Crippen molar-refractivity contribution in [3.05, 3.63) is 23.8 Å². The molecule has 6 heteroatoms. The van der Waals surface area contributed by atoms with Gasteiger partial charge >= 0.3 is 5.97 Å². The summed E-state index contributed by atoms with van der Waals surface area (Å²) in [4.78, 5) is 22.2. The van der Waals surface area contributed by atoms with Gasteiger partial charge in [-0.2, -0.15) is 0 Å². The molecule has 0 saturated heterocycles. The van der Waals surface area contributed by atoms with Gasteiger partial charge in [-0.25, -0.2) is 0 Å². The second kappa shape index (κ2) is 4.73. The summed E-state index contributed by atoms with van der Waals surface area (Å²) in [5.41, 5.74) is 0.930. The van der Waals surface area contributed by atoms with Crippen LogP contribution in [0, 0.1) is 0 Å². The largest absolute Gasteiger partial charge is 0.489 e. The first-order valence-electron chi connectivity index (χ1n) is 5.18. The van der Waals surface area contributed by atoms with Crippen LogP contribution in [0.15, 0.2) is 18.2 Å². The van der Waals surface area contributed by atoms with E-state index in [2.05, 4.69) is 10.6 Å². The summed E-state index contributed by atoms with van der Waals surface area (Å²) in [6, 6.07) is 5.00. The number of amides is 1. The first-order valence-corrected chi connectivity index (χ1v) is 5.18. The Labute approximate surface area is 97.6 Å². The molecule has 0 fully saturated rings. The molecule has 1 heterocycles. The van der Waals surface area contributed by atoms with Crippen molar-refractivity contribution in [3.8, 4) is 5.75 Å². The molecule has 1 amide bonds. The summed E-state index contributed by atoms with van der Waals surface area (Å²) in [5, 5.41) is 14.0. The Hall–Kier alpha value is -2.24. The number of ether oxygens (including phenoxy) is 1. The number of carboxylic acid groups (broad SMARTS) is 1. The fraction of sp³-hybridized carbons (Fsp3) is 0.273. The standard InChI is InChI=1S/C11H12N2O4/c14-9(15)6-13-8-3-1-2-7-10(8)17-5-4-12-11(7)16/h1-3,13H,4-6H2,(H,12,16)(H,14,15). The number of carbonyl (C=O) groups is 2. The van der Waals surface area contributed by atoms with Crippen LogP contribution in [0.25, 0.3) is 0 Å². The Balaban J connectivity index is 2.31. The lowest BCUT2D eigenvalue weighted by Gasteiger charge is -2.12. The molecular formula is C11H12N2O4. The highest BCUT2D eigenvalue weighted by Crippen LogP contribution is 2.29. The Kier molecular flexibility index (Phi) is 3.13. The van der Waals surface area contributed by atoms with Gasteiger partial charge in [0.15, 0.2) is 5.75 Å². The van der Waals surface area contributed by atoms with Crippen LogP contribution >= 0.6 is 0 Å². The van der Waals surface area contributed by atoms with Gasteiger partial charge in [0, 0.05) is 0 Å². The summed E-state index contributed by atoms with van der Waals surface area (Å²) in [5.74, 6) is -0.777. The van der Waals surface area contributed by atoms with Crippen LogP contribution in [0.3, 0.4) is 0 Å². The maximum atomic E-state index is 11.7. The highest BCUT2D eigenvalue weighted by atomic mass is 16.5. The molecule has 2 rings (SSSR count). The number of fused-ring (bicyclic) bond motifs is 1. The molecule has 1 aromatic carbocycles. The number of hydrogen-bond acceptors (Lipinski definition) is 4. The molecule has 1 aromatic rings. The quantitative estimate of drug-likeness (QED) is 0.702. The molecule has 1 aliphatic rings. The van der Waals surface area contributed by atoms with Gasteiger partial charge in [-0.3, -0.25) is 9.59 Å². The minimum absolute atomic E-state index is 0.212. The van der Waals surface area contributed by atoms with Gasteiger partial charge in [0.1, 0.15) is 13.2 Å². The lowest BCUT2D eigenvalue weighted by Crippen LogP contribution is -2.24. The zero-order chi connectivity index (χ0) is 12.3. The Morgan fingerprint density at radius 3 is 3.12 bits per heavy atom. The van der Waals surface area contributed by atoms with Crippen LogP contribution in [0.2, 0.25) is 0 Å². The van der Waals surface area contributed by atoms with E-state index >= 15 is 0 Å². The summed E-state index contributed by atoms with van der Waals surface area (Å²) < 4.78 is 5.44. The van der Waals surface area contributed by atoms with Crippen molar-refractivity contribution in [1.29, 1.82) is 0 Å². The molecule has 0 atom stereocenters. The van der Waals surface area contributed by atoms with Crippen LogP contribution < -0.4 is 15.4 Å². The minimum Gasteiger partial charge on any atom is -0.489 e. The zero-order valence-corrected chi connectivity index (χ0v) is 9.03. The lowest BCUT2D eigenvalue weighted by atomic mass is 10.1. The number of benzene rings is 1. The third-order valence-corrected chi connectivity index (χ3v) is 2.32. The monoisotopic (exact) mass is 236 g/mol. The maximum absolute atomic E-state index is 11.7. The van der Waals surface area contributed by atoms with E-state index in [1.807, 2.05) is 0 Å². The Bertz CT molecular complexity index is 459. The van der Waals surface area contributed by atoms with Crippen molar-refractivity contribution in [3.63, 3.8) is 0 Å². The average Bonchev–Trinajstić information content (AvgIpc) is 2.49. The SMILES string of the molecule is O=C(O)CNc1cccc2c1OCCNC2=O. The number of aliphatic carboxylic acids is 1. The van der Waals surface area contributed by atoms with Crippen LogP contribution in [-0.2, 0) is 4.79 Å². The highest BCUT2D eigenvalue weighted by molar-refractivity contribution is 5.99.